The molecule has 1 aromatic rings. The first kappa shape index (κ1) is 11.6. The Morgan fingerprint density at radius 2 is 2.13 bits per heavy atom. The van der Waals surface area contributed by atoms with Gasteiger partial charge in [0.15, 0.2) is 0 Å². The summed E-state index contributed by atoms with van der Waals surface area (Å²) in [5.74, 6) is -0.0117. The fourth-order valence-corrected chi connectivity index (χ4v) is 1.37. The number of rotatable bonds is 4. The predicted octanol–water partition coefficient (Wildman–Crippen LogP) is 3.67. The van der Waals surface area contributed by atoms with E-state index in [1.807, 2.05) is 0 Å². The van der Waals surface area contributed by atoms with E-state index in [9.17, 15) is 4.79 Å². The van der Waals surface area contributed by atoms with Gasteiger partial charge in [0.2, 0.25) is 0 Å². The Hall–Kier alpha value is -1.51. The molecule has 0 aliphatic heterocycles. The second kappa shape index (κ2) is 5.39. The minimum absolute atomic E-state index is 0.0117. The molecule has 78 valence electrons. The van der Waals surface area contributed by atoms with Gasteiger partial charge in [-0.15, -0.1) is 0 Å². The summed E-state index contributed by atoms with van der Waals surface area (Å²) in [7, 11) is 0. The van der Waals surface area contributed by atoms with Crippen molar-refractivity contribution in [3.8, 4) is 0 Å². The fourth-order valence-electron chi connectivity index (χ4n) is 1.24. The summed E-state index contributed by atoms with van der Waals surface area (Å²) in [5, 5.41) is 4.19. The Labute approximate surface area is 92.5 Å². The summed E-state index contributed by atoms with van der Waals surface area (Å²) in [6.45, 7) is 1.47. The van der Waals surface area contributed by atoms with Crippen molar-refractivity contribution >= 4 is 17.4 Å². The minimum atomic E-state index is -0.440. The summed E-state index contributed by atoms with van der Waals surface area (Å²) in [6.07, 6.45) is 0.214. The van der Waals surface area contributed by atoms with Crippen LogP contribution >= 0.6 is 11.6 Å². The van der Waals surface area contributed by atoms with Gasteiger partial charge in [-0.1, -0.05) is 28.8 Å². The zero-order chi connectivity index (χ0) is 11.3. The van der Waals surface area contributed by atoms with Crippen LogP contribution in [0.3, 0.4) is 0 Å². The molecule has 0 saturated heterocycles. The lowest BCUT2D eigenvalue weighted by Gasteiger charge is -2.08. The molecule has 0 heterocycles. The van der Waals surface area contributed by atoms with Gasteiger partial charge in [0.25, 0.3) is 0 Å². The summed E-state index contributed by atoms with van der Waals surface area (Å²) >= 11 is 5.73. The van der Waals surface area contributed by atoms with Crippen molar-refractivity contribution in [2.75, 3.05) is 0 Å². The van der Waals surface area contributed by atoms with E-state index in [1.165, 1.54) is 6.92 Å². The summed E-state index contributed by atoms with van der Waals surface area (Å²) in [4.78, 5) is 13.7. The molecule has 0 bridgehead atoms. The van der Waals surface area contributed by atoms with Crippen LogP contribution in [-0.4, -0.2) is 5.78 Å². The maximum absolute atomic E-state index is 11.0. The molecule has 0 aliphatic carbocycles. The largest absolute Gasteiger partial charge is 0.300 e. The molecule has 1 atom stereocenters. The van der Waals surface area contributed by atoms with Gasteiger partial charge in [-0.2, -0.15) is 0 Å². The summed E-state index contributed by atoms with van der Waals surface area (Å²) in [5.41, 5.74) is 9.18. The van der Waals surface area contributed by atoms with Gasteiger partial charge in [0.05, 0.1) is 6.04 Å². The molecule has 5 heteroatoms. The van der Waals surface area contributed by atoms with Crippen molar-refractivity contribution in [2.45, 2.75) is 19.4 Å². The van der Waals surface area contributed by atoms with Crippen molar-refractivity contribution in [1.82, 2.24) is 0 Å². The van der Waals surface area contributed by atoms with Crippen LogP contribution in [0.4, 0.5) is 0 Å². The van der Waals surface area contributed by atoms with Crippen LogP contribution in [0.25, 0.3) is 10.4 Å². The zero-order valence-electron chi connectivity index (χ0n) is 8.22. The van der Waals surface area contributed by atoms with Crippen LogP contribution < -0.4 is 0 Å². The number of ketones is 1. The number of azide groups is 1. The van der Waals surface area contributed by atoms with Crippen molar-refractivity contribution in [1.29, 1.82) is 0 Å². The Morgan fingerprint density at radius 1 is 1.53 bits per heavy atom. The molecule has 0 aromatic heterocycles. The number of nitrogens with zero attached hydrogens (tertiary/aromatic N) is 3. The Balaban J connectivity index is 2.93. The second-order valence-corrected chi connectivity index (χ2v) is 3.61. The Bertz CT molecular complexity index is 396. The van der Waals surface area contributed by atoms with E-state index < -0.39 is 6.04 Å². The first-order chi connectivity index (χ1) is 7.13. The smallest absolute Gasteiger partial charge is 0.130 e. The molecule has 0 radical (unpaired) electrons. The first-order valence-electron chi connectivity index (χ1n) is 4.42. The van der Waals surface area contributed by atoms with Crippen molar-refractivity contribution in [3.63, 3.8) is 0 Å². The molecular formula is C10H10ClN3O. The number of carbonyl (C=O) groups is 1. The van der Waals surface area contributed by atoms with E-state index >= 15 is 0 Å². The minimum Gasteiger partial charge on any atom is -0.300 e. The third-order valence-electron chi connectivity index (χ3n) is 1.93. The number of Topliss-reactive ketones (excluding diaryl/α,β-unsaturated/α-hetero) is 1. The van der Waals surface area contributed by atoms with Gasteiger partial charge in [-0.25, -0.2) is 0 Å². The van der Waals surface area contributed by atoms with Crippen LogP contribution in [0.2, 0.25) is 5.02 Å². The van der Waals surface area contributed by atoms with Crippen LogP contribution in [-0.2, 0) is 4.79 Å². The van der Waals surface area contributed by atoms with Crippen molar-refractivity contribution < 1.29 is 4.79 Å². The quantitative estimate of drug-likeness (QED) is 0.436. The van der Waals surface area contributed by atoms with Crippen LogP contribution in [0.15, 0.2) is 29.4 Å². The van der Waals surface area contributed by atoms with E-state index in [0.29, 0.717) is 5.02 Å². The summed E-state index contributed by atoms with van der Waals surface area (Å²) in [6, 6.07) is 6.48. The highest BCUT2D eigenvalue weighted by atomic mass is 35.5. The number of hydrogen-bond acceptors (Lipinski definition) is 2. The molecule has 1 aromatic carbocycles. The molecule has 1 rings (SSSR count). The highest BCUT2D eigenvalue weighted by Crippen LogP contribution is 2.23. The van der Waals surface area contributed by atoms with Crippen molar-refractivity contribution in [3.05, 3.63) is 45.3 Å². The Morgan fingerprint density at radius 3 is 2.60 bits per heavy atom. The maximum atomic E-state index is 11.0. The molecular weight excluding hydrogens is 214 g/mol. The second-order valence-electron chi connectivity index (χ2n) is 3.18. The number of benzene rings is 1. The topological polar surface area (TPSA) is 65.8 Å². The van der Waals surface area contributed by atoms with E-state index in [-0.39, 0.29) is 12.2 Å². The molecule has 1 unspecified atom stereocenters. The SMILES string of the molecule is CC(=O)CC(N=[N+]=[N-])c1ccc(Cl)cc1. The van der Waals surface area contributed by atoms with Gasteiger partial charge >= 0.3 is 0 Å². The normalized spacial score (nSPS) is 11.6. The molecule has 15 heavy (non-hydrogen) atoms. The molecule has 0 spiro atoms. The van der Waals surface area contributed by atoms with E-state index in [1.54, 1.807) is 24.3 Å². The highest BCUT2D eigenvalue weighted by Gasteiger charge is 2.11. The lowest BCUT2D eigenvalue weighted by Crippen LogP contribution is -2.00. The average molecular weight is 224 g/mol. The lowest BCUT2D eigenvalue weighted by atomic mass is 10.0. The van der Waals surface area contributed by atoms with Crippen LogP contribution in [0, 0.1) is 0 Å². The Kier molecular flexibility index (Phi) is 4.16. The van der Waals surface area contributed by atoms with E-state index in [2.05, 4.69) is 10.0 Å². The third-order valence-corrected chi connectivity index (χ3v) is 2.18. The zero-order valence-corrected chi connectivity index (χ0v) is 8.98. The van der Waals surface area contributed by atoms with Gasteiger partial charge in [-0.3, -0.25) is 0 Å². The molecule has 0 fully saturated rings. The maximum Gasteiger partial charge on any atom is 0.130 e. The van der Waals surface area contributed by atoms with Gasteiger partial charge < -0.3 is 4.79 Å². The molecule has 4 nitrogen and oxygen atoms in total. The van der Waals surface area contributed by atoms with Gasteiger partial charge in [0, 0.05) is 16.4 Å². The van der Waals surface area contributed by atoms with Crippen LogP contribution in [0.5, 0.6) is 0 Å². The van der Waals surface area contributed by atoms with E-state index in [4.69, 9.17) is 17.1 Å². The number of carbonyl (C=O) groups excluding carboxylic acids is 1. The molecule has 0 saturated carbocycles. The number of halogens is 1. The molecule has 0 amide bonds. The average Bonchev–Trinajstić information content (AvgIpc) is 2.17. The standard InChI is InChI=1S/C10H10ClN3O/c1-7(15)6-10(13-14-12)8-2-4-9(11)5-3-8/h2-5,10H,6H2,1H3. The monoisotopic (exact) mass is 223 g/mol. The predicted molar refractivity (Wildman–Crippen MR) is 58.6 cm³/mol. The fraction of sp³-hybridized carbons (Fsp3) is 0.300. The van der Waals surface area contributed by atoms with Crippen molar-refractivity contribution in [2.24, 2.45) is 5.11 Å². The van der Waals surface area contributed by atoms with Gasteiger partial charge in [-0.05, 0) is 30.2 Å². The first-order valence-corrected chi connectivity index (χ1v) is 4.80. The highest BCUT2D eigenvalue weighted by molar-refractivity contribution is 6.30. The lowest BCUT2D eigenvalue weighted by molar-refractivity contribution is -0.117. The third kappa shape index (κ3) is 3.62. The summed E-state index contributed by atoms with van der Waals surface area (Å²) < 4.78 is 0. The van der Waals surface area contributed by atoms with Crippen LogP contribution in [0.1, 0.15) is 24.9 Å². The van der Waals surface area contributed by atoms with E-state index in [0.717, 1.165) is 5.56 Å². The molecule has 0 N–H and O–H groups in total. The number of hydrogen-bond donors (Lipinski definition) is 0. The van der Waals surface area contributed by atoms with Gasteiger partial charge in [0.1, 0.15) is 5.78 Å². The molecule has 0 aliphatic rings.